The van der Waals surface area contributed by atoms with E-state index in [0.29, 0.717) is 6.42 Å². The molecule has 0 radical (unpaired) electrons. The fourth-order valence-electron chi connectivity index (χ4n) is 4.22. The standard InChI is InChI=1S/C21H23N5OS/c1-2-17(27)25-9-11-26(12-10-25)20-18-15-6-3-7-16(15)28-21(18)24-19(23-20)14-5-4-8-22-13-14/h4-5,8,13H,2-3,6-7,9-12H2,1H3. The summed E-state index contributed by atoms with van der Waals surface area (Å²) in [5.41, 5.74) is 2.39. The van der Waals surface area contributed by atoms with Crippen LogP contribution in [0.5, 0.6) is 0 Å². The van der Waals surface area contributed by atoms with E-state index in [4.69, 9.17) is 9.97 Å². The van der Waals surface area contributed by atoms with Crippen LogP contribution < -0.4 is 4.90 Å². The summed E-state index contributed by atoms with van der Waals surface area (Å²) < 4.78 is 0. The largest absolute Gasteiger partial charge is 0.352 e. The number of carbonyl (C=O) groups excluding carboxylic acids is 1. The highest BCUT2D eigenvalue weighted by molar-refractivity contribution is 7.19. The van der Waals surface area contributed by atoms with Crippen molar-refractivity contribution in [3.63, 3.8) is 0 Å². The van der Waals surface area contributed by atoms with Gasteiger partial charge in [0.15, 0.2) is 5.82 Å². The van der Waals surface area contributed by atoms with E-state index < -0.39 is 0 Å². The van der Waals surface area contributed by atoms with Crippen molar-refractivity contribution in [2.24, 2.45) is 0 Å². The number of anilines is 1. The number of nitrogens with zero attached hydrogens (tertiary/aromatic N) is 5. The van der Waals surface area contributed by atoms with Gasteiger partial charge in [-0.1, -0.05) is 6.92 Å². The van der Waals surface area contributed by atoms with Crippen molar-refractivity contribution < 1.29 is 4.79 Å². The van der Waals surface area contributed by atoms with Crippen LogP contribution in [0, 0.1) is 0 Å². The zero-order chi connectivity index (χ0) is 19.1. The minimum atomic E-state index is 0.236. The number of fused-ring (bicyclic) bond motifs is 3. The lowest BCUT2D eigenvalue weighted by Crippen LogP contribution is -2.49. The third-order valence-electron chi connectivity index (χ3n) is 5.70. The van der Waals surface area contributed by atoms with E-state index >= 15 is 0 Å². The number of amides is 1. The van der Waals surface area contributed by atoms with Gasteiger partial charge in [-0.15, -0.1) is 11.3 Å². The Morgan fingerprint density at radius 2 is 2.04 bits per heavy atom. The number of carbonyl (C=O) groups is 1. The Bertz CT molecular complexity index is 1020. The predicted octanol–water partition coefficient (Wildman–Crippen LogP) is 3.30. The second kappa shape index (κ2) is 7.13. The molecule has 1 amide bonds. The van der Waals surface area contributed by atoms with Crippen LogP contribution in [0.25, 0.3) is 21.6 Å². The third kappa shape index (κ3) is 2.94. The molecule has 28 heavy (non-hydrogen) atoms. The lowest BCUT2D eigenvalue weighted by molar-refractivity contribution is -0.131. The molecule has 6 nitrogen and oxygen atoms in total. The minimum absolute atomic E-state index is 0.236. The molecule has 144 valence electrons. The maximum absolute atomic E-state index is 12.1. The molecule has 1 saturated heterocycles. The summed E-state index contributed by atoms with van der Waals surface area (Å²) in [4.78, 5) is 33.1. The molecular weight excluding hydrogens is 370 g/mol. The zero-order valence-corrected chi connectivity index (χ0v) is 16.8. The summed E-state index contributed by atoms with van der Waals surface area (Å²) in [6.07, 6.45) is 7.65. The summed E-state index contributed by atoms with van der Waals surface area (Å²) >= 11 is 1.82. The second-order valence-electron chi connectivity index (χ2n) is 7.37. The molecule has 2 aliphatic rings. The van der Waals surface area contributed by atoms with Crippen LogP contribution in [-0.2, 0) is 17.6 Å². The molecule has 0 saturated carbocycles. The SMILES string of the molecule is CCC(=O)N1CCN(c2nc(-c3cccnc3)nc3sc4c(c23)CCC4)CC1. The first kappa shape index (κ1) is 17.6. The third-order valence-corrected chi connectivity index (χ3v) is 6.89. The number of hydrogen-bond acceptors (Lipinski definition) is 6. The van der Waals surface area contributed by atoms with Crippen LogP contribution in [0.4, 0.5) is 5.82 Å². The van der Waals surface area contributed by atoms with Gasteiger partial charge in [0.2, 0.25) is 5.91 Å². The van der Waals surface area contributed by atoms with Gasteiger partial charge >= 0.3 is 0 Å². The van der Waals surface area contributed by atoms with E-state index in [-0.39, 0.29) is 5.91 Å². The van der Waals surface area contributed by atoms with Crippen LogP contribution in [0.1, 0.15) is 30.2 Å². The zero-order valence-electron chi connectivity index (χ0n) is 16.0. The van der Waals surface area contributed by atoms with Gasteiger partial charge in [0.25, 0.3) is 0 Å². The van der Waals surface area contributed by atoms with E-state index in [9.17, 15) is 4.79 Å². The summed E-state index contributed by atoms with van der Waals surface area (Å²) in [5.74, 6) is 2.01. The predicted molar refractivity (Wildman–Crippen MR) is 112 cm³/mol. The number of piperazine rings is 1. The molecule has 0 unspecified atom stereocenters. The smallest absolute Gasteiger partial charge is 0.222 e. The van der Waals surface area contributed by atoms with E-state index in [1.165, 1.54) is 22.2 Å². The highest BCUT2D eigenvalue weighted by atomic mass is 32.1. The molecule has 7 heteroatoms. The Hall–Kier alpha value is -2.54. The number of thiophene rings is 1. The van der Waals surface area contributed by atoms with Crippen molar-refractivity contribution in [3.8, 4) is 11.4 Å². The van der Waals surface area contributed by atoms with E-state index in [0.717, 1.165) is 61.1 Å². The molecule has 0 bridgehead atoms. The number of aryl methyl sites for hydroxylation is 2. The van der Waals surface area contributed by atoms with Crippen molar-refractivity contribution in [1.82, 2.24) is 19.9 Å². The van der Waals surface area contributed by atoms with Crippen molar-refractivity contribution in [3.05, 3.63) is 35.0 Å². The number of pyridine rings is 1. The van der Waals surface area contributed by atoms with Crippen molar-refractivity contribution in [2.45, 2.75) is 32.6 Å². The monoisotopic (exact) mass is 393 g/mol. The lowest BCUT2D eigenvalue weighted by atomic mass is 10.1. The van der Waals surface area contributed by atoms with E-state index in [1.54, 1.807) is 6.20 Å². The average Bonchev–Trinajstić information content (AvgIpc) is 3.34. The fourth-order valence-corrected chi connectivity index (χ4v) is 5.48. The molecular formula is C21H23N5OS. The molecule has 3 aromatic heterocycles. The first-order chi connectivity index (χ1) is 13.7. The van der Waals surface area contributed by atoms with Gasteiger partial charge in [-0.05, 0) is 37.0 Å². The highest BCUT2D eigenvalue weighted by Gasteiger charge is 2.27. The molecule has 0 aromatic carbocycles. The molecule has 0 N–H and O–H groups in total. The van der Waals surface area contributed by atoms with Crippen LogP contribution in [0.2, 0.25) is 0 Å². The van der Waals surface area contributed by atoms with Gasteiger partial charge < -0.3 is 9.80 Å². The Labute approximate surface area is 168 Å². The van der Waals surface area contributed by atoms with Crippen LogP contribution in [-0.4, -0.2) is 51.9 Å². The topological polar surface area (TPSA) is 62.2 Å². The maximum Gasteiger partial charge on any atom is 0.222 e. The number of hydrogen-bond donors (Lipinski definition) is 0. The first-order valence-electron chi connectivity index (χ1n) is 10.00. The summed E-state index contributed by atoms with van der Waals surface area (Å²) in [7, 11) is 0. The molecule has 3 aromatic rings. The van der Waals surface area contributed by atoms with Gasteiger partial charge in [-0.3, -0.25) is 9.78 Å². The van der Waals surface area contributed by atoms with E-state index in [2.05, 4.69) is 9.88 Å². The molecule has 0 atom stereocenters. The molecule has 1 aliphatic heterocycles. The van der Waals surface area contributed by atoms with Crippen molar-refractivity contribution in [2.75, 3.05) is 31.1 Å². The average molecular weight is 394 g/mol. The minimum Gasteiger partial charge on any atom is -0.352 e. The Kier molecular flexibility index (Phi) is 4.47. The van der Waals surface area contributed by atoms with Crippen molar-refractivity contribution >= 4 is 33.3 Å². The first-order valence-corrected chi connectivity index (χ1v) is 10.8. The molecule has 4 heterocycles. The van der Waals surface area contributed by atoms with E-state index in [1.807, 2.05) is 41.5 Å². The summed E-state index contributed by atoms with van der Waals surface area (Å²) in [6, 6.07) is 3.93. The van der Waals surface area contributed by atoms with Gasteiger partial charge in [-0.2, -0.15) is 0 Å². The molecule has 1 aliphatic carbocycles. The lowest BCUT2D eigenvalue weighted by Gasteiger charge is -2.35. The van der Waals surface area contributed by atoms with Gasteiger partial charge in [-0.25, -0.2) is 9.97 Å². The quantitative estimate of drug-likeness (QED) is 0.683. The van der Waals surface area contributed by atoms with Gasteiger partial charge in [0.1, 0.15) is 10.6 Å². The van der Waals surface area contributed by atoms with Crippen LogP contribution in [0.3, 0.4) is 0 Å². The molecule has 5 rings (SSSR count). The second-order valence-corrected chi connectivity index (χ2v) is 8.46. The number of rotatable bonds is 3. The molecule has 0 spiro atoms. The van der Waals surface area contributed by atoms with Gasteiger partial charge in [0, 0.05) is 55.4 Å². The number of aromatic nitrogens is 3. The Morgan fingerprint density at radius 1 is 1.18 bits per heavy atom. The molecule has 1 fully saturated rings. The maximum atomic E-state index is 12.1. The summed E-state index contributed by atoms with van der Waals surface area (Å²) in [5, 5.41) is 1.24. The summed E-state index contributed by atoms with van der Waals surface area (Å²) in [6.45, 7) is 5.07. The fraction of sp³-hybridized carbons (Fsp3) is 0.429. The normalized spacial score (nSPS) is 16.6. The Morgan fingerprint density at radius 3 is 2.79 bits per heavy atom. The van der Waals surface area contributed by atoms with Crippen LogP contribution >= 0.6 is 11.3 Å². The Balaban J connectivity index is 1.58. The highest BCUT2D eigenvalue weighted by Crippen LogP contribution is 2.41. The van der Waals surface area contributed by atoms with Crippen LogP contribution in [0.15, 0.2) is 24.5 Å². The van der Waals surface area contributed by atoms with Gasteiger partial charge in [0.05, 0.1) is 5.39 Å². The van der Waals surface area contributed by atoms with Crippen molar-refractivity contribution in [1.29, 1.82) is 0 Å².